The summed E-state index contributed by atoms with van der Waals surface area (Å²) in [5.41, 5.74) is 2.23. The average molecular weight is 451 g/mol. The highest BCUT2D eigenvalue weighted by molar-refractivity contribution is 7.92. The largest absolute Gasteiger partial charge is 0.466 e. The van der Waals surface area contributed by atoms with Gasteiger partial charge in [0.05, 0.1) is 23.2 Å². The third kappa shape index (κ3) is 4.79. The van der Waals surface area contributed by atoms with E-state index in [1.165, 1.54) is 10.4 Å². The van der Waals surface area contributed by atoms with Crippen LogP contribution in [0.25, 0.3) is 0 Å². The van der Waals surface area contributed by atoms with Crippen molar-refractivity contribution in [3.63, 3.8) is 0 Å². The molecule has 0 saturated carbocycles. The summed E-state index contributed by atoms with van der Waals surface area (Å²) in [6.07, 6.45) is 2.94. The topological polar surface area (TPSA) is 75.7 Å². The van der Waals surface area contributed by atoms with Crippen LogP contribution in [0.2, 0.25) is 5.02 Å². The molecule has 0 bridgehead atoms. The second-order valence-electron chi connectivity index (χ2n) is 7.22. The number of hydrogen-bond acceptors (Lipinski definition) is 5. The molecule has 0 spiro atoms. The molecule has 3 rings (SSSR count). The Labute approximate surface area is 183 Å². The van der Waals surface area contributed by atoms with Crippen LogP contribution in [0.3, 0.4) is 0 Å². The number of carbonyl (C=O) groups is 1. The lowest BCUT2D eigenvalue weighted by Crippen LogP contribution is -2.26. The molecule has 8 heteroatoms. The number of fused-ring (bicyclic) bond motifs is 2. The Morgan fingerprint density at radius 3 is 2.67 bits per heavy atom. The first-order chi connectivity index (χ1) is 14.4. The van der Waals surface area contributed by atoms with Crippen LogP contribution in [-0.2, 0) is 19.6 Å². The van der Waals surface area contributed by atoms with Gasteiger partial charge in [-0.15, -0.1) is 0 Å². The Morgan fingerprint density at radius 1 is 1.13 bits per heavy atom. The minimum absolute atomic E-state index is 0.165. The molecule has 1 unspecified atom stereocenters. The molecule has 2 aromatic rings. The van der Waals surface area contributed by atoms with E-state index in [1.54, 1.807) is 26.1 Å². The molecule has 1 aliphatic heterocycles. The van der Waals surface area contributed by atoms with Gasteiger partial charge in [-0.1, -0.05) is 42.3 Å². The number of carbonyl (C=O) groups excluding carboxylic acids is 1. The zero-order valence-electron chi connectivity index (χ0n) is 17.2. The number of nitrogens with zero attached hydrogens (tertiary/aromatic N) is 1. The molecule has 1 aliphatic rings. The normalized spacial score (nSPS) is 17.0. The summed E-state index contributed by atoms with van der Waals surface area (Å²) in [6.45, 7) is 2.89. The van der Waals surface area contributed by atoms with Gasteiger partial charge in [0.1, 0.15) is 0 Å². The number of nitrogens with one attached hydrogen (secondary N) is 1. The van der Waals surface area contributed by atoms with Crippen LogP contribution in [0, 0.1) is 0 Å². The molecule has 0 aromatic heterocycles. The molecule has 1 heterocycles. The fourth-order valence-electron chi connectivity index (χ4n) is 3.70. The summed E-state index contributed by atoms with van der Waals surface area (Å²) in [5, 5.41) is 3.90. The zero-order chi connectivity index (χ0) is 21.7. The van der Waals surface area contributed by atoms with E-state index in [1.807, 2.05) is 24.3 Å². The van der Waals surface area contributed by atoms with Crippen molar-refractivity contribution >= 4 is 33.3 Å². The monoisotopic (exact) mass is 450 g/mol. The lowest BCUT2D eigenvalue weighted by Gasteiger charge is -2.22. The van der Waals surface area contributed by atoms with Crippen molar-refractivity contribution in [1.29, 1.82) is 0 Å². The van der Waals surface area contributed by atoms with Crippen LogP contribution in [0.4, 0.5) is 5.69 Å². The molecule has 30 heavy (non-hydrogen) atoms. The fraction of sp³-hybridized carbons (Fsp3) is 0.409. The van der Waals surface area contributed by atoms with Gasteiger partial charge in [-0.2, -0.15) is 0 Å². The Hall–Kier alpha value is -2.09. The van der Waals surface area contributed by atoms with Crippen molar-refractivity contribution in [3.8, 4) is 0 Å². The van der Waals surface area contributed by atoms with Crippen molar-refractivity contribution in [2.24, 2.45) is 0 Å². The predicted molar refractivity (Wildman–Crippen MR) is 118 cm³/mol. The first kappa shape index (κ1) is 22.6. The van der Waals surface area contributed by atoms with Gasteiger partial charge in [0.15, 0.2) is 0 Å². The number of benzene rings is 2. The lowest BCUT2D eigenvalue weighted by molar-refractivity contribution is -0.143. The minimum Gasteiger partial charge on any atom is -0.466 e. The minimum atomic E-state index is -3.72. The molecule has 1 atom stereocenters. The van der Waals surface area contributed by atoms with Crippen molar-refractivity contribution in [2.45, 2.75) is 43.5 Å². The van der Waals surface area contributed by atoms with Gasteiger partial charge in [0.25, 0.3) is 10.0 Å². The lowest BCUT2D eigenvalue weighted by atomic mass is 9.96. The highest BCUT2D eigenvalue weighted by Crippen LogP contribution is 2.40. The number of anilines is 1. The Balaban J connectivity index is 1.80. The van der Waals surface area contributed by atoms with Gasteiger partial charge >= 0.3 is 5.97 Å². The number of halogens is 1. The number of esters is 1. The van der Waals surface area contributed by atoms with Crippen LogP contribution in [0.5, 0.6) is 0 Å². The second kappa shape index (κ2) is 9.81. The number of para-hydroxylation sites is 1. The molecule has 2 aromatic carbocycles. The molecular weight excluding hydrogens is 424 g/mol. The van der Waals surface area contributed by atoms with Crippen molar-refractivity contribution in [3.05, 3.63) is 58.6 Å². The summed E-state index contributed by atoms with van der Waals surface area (Å²) in [5.74, 6) is -0.165. The van der Waals surface area contributed by atoms with Gasteiger partial charge in [-0.25, -0.2) is 8.42 Å². The maximum atomic E-state index is 13.2. The van der Waals surface area contributed by atoms with Gasteiger partial charge in [-0.3, -0.25) is 9.10 Å². The number of hydrogen-bond donors (Lipinski definition) is 1. The van der Waals surface area contributed by atoms with E-state index in [2.05, 4.69) is 5.32 Å². The van der Waals surface area contributed by atoms with Crippen molar-refractivity contribution < 1.29 is 17.9 Å². The van der Waals surface area contributed by atoms with E-state index >= 15 is 0 Å². The fourth-order valence-corrected chi connectivity index (χ4v) is 5.42. The quantitative estimate of drug-likeness (QED) is 0.479. The Bertz CT molecular complexity index is 1010. The standard InChI is InChI=1S/C22H27ClN2O4S/c1-3-29-21(26)11-5-4-8-14-24-22-17-9-6-7-10-19(17)25(2)30(27,28)20-15-16(23)12-13-18(20)22/h6-7,9-10,12-13,15,22,24H,3-5,8,11,14H2,1-2H3. The van der Waals surface area contributed by atoms with Crippen LogP contribution < -0.4 is 9.62 Å². The predicted octanol–water partition coefficient (Wildman–Crippen LogP) is 4.28. The smallest absolute Gasteiger partial charge is 0.305 e. The Morgan fingerprint density at radius 2 is 1.90 bits per heavy atom. The van der Waals surface area contributed by atoms with E-state index in [0.717, 1.165) is 24.8 Å². The van der Waals surface area contributed by atoms with E-state index < -0.39 is 10.0 Å². The summed E-state index contributed by atoms with van der Waals surface area (Å²) in [6, 6.07) is 12.2. The maximum Gasteiger partial charge on any atom is 0.305 e. The first-order valence-electron chi connectivity index (χ1n) is 10.1. The summed E-state index contributed by atoms with van der Waals surface area (Å²) in [7, 11) is -2.16. The highest BCUT2D eigenvalue weighted by atomic mass is 35.5. The average Bonchev–Trinajstić information content (AvgIpc) is 2.79. The summed E-state index contributed by atoms with van der Waals surface area (Å²) < 4.78 is 32.7. The highest BCUT2D eigenvalue weighted by Gasteiger charge is 2.34. The van der Waals surface area contributed by atoms with Gasteiger partial charge in [0.2, 0.25) is 0 Å². The molecular formula is C22H27ClN2O4S. The van der Waals surface area contributed by atoms with Crippen LogP contribution in [-0.4, -0.2) is 34.6 Å². The van der Waals surface area contributed by atoms with Crippen LogP contribution >= 0.6 is 11.6 Å². The number of ether oxygens (including phenoxy) is 1. The number of rotatable bonds is 8. The van der Waals surface area contributed by atoms with Crippen LogP contribution in [0.1, 0.15) is 49.8 Å². The van der Waals surface area contributed by atoms with E-state index in [-0.39, 0.29) is 16.9 Å². The third-order valence-corrected chi connectivity index (χ3v) is 7.29. The molecule has 0 radical (unpaired) electrons. The van der Waals surface area contributed by atoms with E-state index in [4.69, 9.17) is 16.3 Å². The first-order valence-corrected chi connectivity index (χ1v) is 11.9. The second-order valence-corrected chi connectivity index (χ2v) is 9.59. The Kier molecular flexibility index (Phi) is 7.39. The molecule has 0 fully saturated rings. The number of unbranched alkanes of at least 4 members (excludes halogenated alkanes) is 2. The zero-order valence-corrected chi connectivity index (χ0v) is 18.8. The molecule has 0 aliphatic carbocycles. The summed E-state index contributed by atoms with van der Waals surface area (Å²) in [4.78, 5) is 11.7. The molecule has 6 nitrogen and oxygen atoms in total. The summed E-state index contributed by atoms with van der Waals surface area (Å²) >= 11 is 6.13. The third-order valence-electron chi connectivity index (χ3n) is 5.22. The molecule has 0 saturated heterocycles. The van der Waals surface area contributed by atoms with Gasteiger partial charge in [0, 0.05) is 18.5 Å². The van der Waals surface area contributed by atoms with E-state index in [9.17, 15) is 13.2 Å². The van der Waals surface area contributed by atoms with Crippen molar-refractivity contribution in [1.82, 2.24) is 5.32 Å². The van der Waals surface area contributed by atoms with Crippen LogP contribution in [0.15, 0.2) is 47.4 Å². The molecule has 0 amide bonds. The SMILES string of the molecule is CCOC(=O)CCCCCNC1c2ccccc2N(C)S(=O)(=O)c2cc(Cl)ccc21. The van der Waals surface area contributed by atoms with Crippen molar-refractivity contribution in [2.75, 3.05) is 24.5 Å². The van der Waals surface area contributed by atoms with Gasteiger partial charge < -0.3 is 10.1 Å². The molecule has 1 N–H and O–H groups in total. The van der Waals surface area contributed by atoms with Gasteiger partial charge in [-0.05, 0) is 55.6 Å². The number of sulfonamides is 1. The molecule has 162 valence electrons. The maximum absolute atomic E-state index is 13.2. The van der Waals surface area contributed by atoms with E-state index in [0.29, 0.717) is 35.8 Å².